The Kier molecular flexibility index (Phi) is 7.28. The average molecular weight is 514 g/mol. The van der Waals surface area contributed by atoms with Gasteiger partial charge >= 0.3 is 5.97 Å². The van der Waals surface area contributed by atoms with Gasteiger partial charge < -0.3 is 19.7 Å². The summed E-state index contributed by atoms with van der Waals surface area (Å²) in [5.41, 5.74) is 3.48. The maximum absolute atomic E-state index is 13.8. The van der Waals surface area contributed by atoms with Crippen molar-refractivity contribution in [3.05, 3.63) is 84.6 Å². The number of carbonyl (C=O) groups excluding carboxylic acids is 1. The van der Waals surface area contributed by atoms with Crippen LogP contribution in [0.5, 0.6) is 0 Å². The Morgan fingerprint density at radius 2 is 1.87 bits per heavy atom. The second kappa shape index (κ2) is 10.9. The second-order valence-electron chi connectivity index (χ2n) is 9.42. The van der Waals surface area contributed by atoms with Crippen LogP contribution in [0, 0.1) is 5.82 Å². The van der Waals surface area contributed by atoms with Crippen molar-refractivity contribution in [2.45, 2.75) is 44.8 Å². The van der Waals surface area contributed by atoms with E-state index in [-0.39, 0.29) is 18.2 Å². The van der Waals surface area contributed by atoms with Crippen LogP contribution in [0.1, 0.15) is 38.4 Å². The van der Waals surface area contributed by atoms with Crippen LogP contribution in [-0.2, 0) is 9.53 Å². The molecule has 5 rings (SSSR count). The number of esters is 1. The number of carbonyl (C=O) groups is 1. The lowest BCUT2D eigenvalue weighted by atomic mass is 10.1. The Bertz CT molecular complexity index is 1450. The molecule has 1 saturated heterocycles. The molecule has 38 heavy (non-hydrogen) atoms. The number of anilines is 2. The summed E-state index contributed by atoms with van der Waals surface area (Å²) in [6.45, 7) is 4.05. The standard InChI is InChI=1S/C29H28FN5O3/c1-18(2)28-34-26(19-8-10-20(30)11-9-19)27(35(28)15-13-23-16-22(36)17-25(37)38-23)24-12-14-31-29(33-24)32-21-6-4-3-5-7-21/h3-15,18,22-23,36H,16-17H2,1-2H3,(H,31,32,33)/b15-13+/t22-,23-/m1/s1. The number of aromatic nitrogens is 4. The highest BCUT2D eigenvalue weighted by Gasteiger charge is 2.26. The number of ether oxygens (including phenoxy) is 1. The summed E-state index contributed by atoms with van der Waals surface area (Å²) in [6, 6.07) is 17.6. The molecule has 0 unspecified atom stereocenters. The lowest BCUT2D eigenvalue weighted by Gasteiger charge is -2.23. The molecule has 3 heterocycles. The summed E-state index contributed by atoms with van der Waals surface area (Å²) in [6.07, 6.45) is 4.19. The summed E-state index contributed by atoms with van der Waals surface area (Å²) >= 11 is 0. The van der Waals surface area contributed by atoms with E-state index in [1.807, 2.05) is 48.7 Å². The SMILES string of the molecule is CC(C)c1nc(-c2ccc(F)cc2)c(-c2ccnc(Nc3ccccc3)n2)n1/C=C/[C@@H]1C[C@@H](O)CC(=O)O1. The Morgan fingerprint density at radius 1 is 1.11 bits per heavy atom. The van der Waals surface area contributed by atoms with Crippen molar-refractivity contribution in [3.63, 3.8) is 0 Å². The highest BCUT2D eigenvalue weighted by molar-refractivity contribution is 5.79. The monoisotopic (exact) mass is 513 g/mol. The molecule has 0 spiro atoms. The van der Waals surface area contributed by atoms with Crippen LogP contribution in [0.15, 0.2) is 72.9 Å². The van der Waals surface area contributed by atoms with E-state index >= 15 is 0 Å². The molecule has 0 amide bonds. The van der Waals surface area contributed by atoms with Crippen molar-refractivity contribution >= 4 is 23.8 Å². The number of nitrogens with one attached hydrogen (secondary N) is 1. The molecular formula is C29H28FN5O3. The maximum atomic E-state index is 13.8. The molecular weight excluding hydrogens is 485 g/mol. The molecule has 2 atom stereocenters. The molecule has 1 aliphatic heterocycles. The number of aliphatic hydroxyl groups excluding tert-OH is 1. The fourth-order valence-corrected chi connectivity index (χ4v) is 4.37. The summed E-state index contributed by atoms with van der Waals surface area (Å²) in [4.78, 5) is 26.0. The highest BCUT2D eigenvalue weighted by atomic mass is 19.1. The number of nitrogens with zero attached hydrogens (tertiary/aromatic N) is 4. The number of hydrogen-bond donors (Lipinski definition) is 2. The van der Waals surface area contributed by atoms with Crippen LogP contribution in [0.25, 0.3) is 28.8 Å². The topological polar surface area (TPSA) is 102 Å². The summed E-state index contributed by atoms with van der Waals surface area (Å²) < 4.78 is 21.1. The Hall–Kier alpha value is -4.37. The quantitative estimate of drug-likeness (QED) is 0.312. The Balaban J connectivity index is 1.63. The smallest absolute Gasteiger partial charge is 0.309 e. The summed E-state index contributed by atoms with van der Waals surface area (Å²) in [5.74, 6) is 0.400. The second-order valence-corrected chi connectivity index (χ2v) is 9.42. The van der Waals surface area contributed by atoms with Crippen molar-refractivity contribution in [1.29, 1.82) is 0 Å². The molecule has 9 heteroatoms. The predicted octanol–water partition coefficient (Wildman–Crippen LogP) is 5.55. The van der Waals surface area contributed by atoms with E-state index in [2.05, 4.69) is 10.3 Å². The molecule has 4 aromatic rings. The number of benzene rings is 2. The van der Waals surface area contributed by atoms with Crippen molar-refractivity contribution in [1.82, 2.24) is 19.5 Å². The molecule has 2 N–H and O–H groups in total. The van der Waals surface area contributed by atoms with Crippen LogP contribution in [0.2, 0.25) is 0 Å². The van der Waals surface area contributed by atoms with Gasteiger partial charge in [0.25, 0.3) is 0 Å². The number of halogens is 1. The first kappa shape index (κ1) is 25.3. The number of para-hydroxylation sites is 1. The van der Waals surface area contributed by atoms with Crippen molar-refractivity contribution in [2.75, 3.05) is 5.32 Å². The molecule has 194 valence electrons. The fourth-order valence-electron chi connectivity index (χ4n) is 4.37. The average Bonchev–Trinajstić information content (AvgIpc) is 3.28. The van der Waals surface area contributed by atoms with E-state index in [1.54, 1.807) is 36.7 Å². The third kappa shape index (κ3) is 5.63. The van der Waals surface area contributed by atoms with Gasteiger partial charge in [0, 0.05) is 36.0 Å². The predicted molar refractivity (Wildman–Crippen MR) is 143 cm³/mol. The summed E-state index contributed by atoms with van der Waals surface area (Å²) in [5, 5.41) is 13.3. The van der Waals surface area contributed by atoms with Crippen LogP contribution in [0.3, 0.4) is 0 Å². The number of aliphatic hydroxyl groups is 1. The molecule has 0 bridgehead atoms. The first-order valence-electron chi connectivity index (χ1n) is 12.5. The molecule has 8 nitrogen and oxygen atoms in total. The van der Waals surface area contributed by atoms with Gasteiger partial charge in [-0.2, -0.15) is 0 Å². The molecule has 0 aliphatic carbocycles. The minimum Gasteiger partial charge on any atom is -0.458 e. The van der Waals surface area contributed by atoms with Gasteiger partial charge in [-0.05, 0) is 48.5 Å². The Morgan fingerprint density at radius 3 is 2.58 bits per heavy atom. The van der Waals surface area contributed by atoms with Gasteiger partial charge in [-0.1, -0.05) is 32.0 Å². The van der Waals surface area contributed by atoms with Gasteiger partial charge in [-0.3, -0.25) is 4.79 Å². The van der Waals surface area contributed by atoms with Crippen molar-refractivity contribution in [3.8, 4) is 22.6 Å². The largest absolute Gasteiger partial charge is 0.458 e. The van der Waals surface area contributed by atoms with Gasteiger partial charge in [-0.25, -0.2) is 19.3 Å². The third-order valence-corrected chi connectivity index (χ3v) is 6.14. The molecule has 1 fully saturated rings. The van der Waals surface area contributed by atoms with Crippen LogP contribution in [0.4, 0.5) is 16.0 Å². The first-order valence-corrected chi connectivity index (χ1v) is 12.5. The minimum atomic E-state index is -0.749. The van der Waals surface area contributed by atoms with E-state index in [0.29, 0.717) is 29.5 Å². The van der Waals surface area contributed by atoms with E-state index in [9.17, 15) is 14.3 Å². The van der Waals surface area contributed by atoms with Crippen LogP contribution in [-0.4, -0.2) is 42.8 Å². The highest BCUT2D eigenvalue weighted by Crippen LogP contribution is 2.35. The lowest BCUT2D eigenvalue weighted by molar-refractivity contribution is -0.156. The van der Waals surface area contributed by atoms with Crippen LogP contribution >= 0.6 is 0 Å². The summed E-state index contributed by atoms with van der Waals surface area (Å²) in [7, 11) is 0. The zero-order chi connectivity index (χ0) is 26.6. The van der Waals surface area contributed by atoms with Crippen molar-refractivity contribution < 1.29 is 19.0 Å². The molecule has 1 aliphatic rings. The van der Waals surface area contributed by atoms with E-state index < -0.39 is 18.2 Å². The van der Waals surface area contributed by atoms with Crippen LogP contribution < -0.4 is 5.32 Å². The molecule has 0 saturated carbocycles. The fraction of sp³-hybridized carbons (Fsp3) is 0.241. The Labute approximate surface area is 219 Å². The lowest BCUT2D eigenvalue weighted by Crippen LogP contribution is -2.31. The molecule has 2 aromatic carbocycles. The van der Waals surface area contributed by atoms with Gasteiger partial charge in [0.05, 0.1) is 29.6 Å². The molecule has 0 radical (unpaired) electrons. The number of imidazole rings is 1. The van der Waals surface area contributed by atoms with Gasteiger partial charge in [0.2, 0.25) is 5.95 Å². The zero-order valence-electron chi connectivity index (χ0n) is 21.1. The normalized spacial score (nSPS) is 17.7. The van der Waals surface area contributed by atoms with Gasteiger partial charge in [-0.15, -0.1) is 0 Å². The van der Waals surface area contributed by atoms with E-state index in [1.165, 1.54) is 12.1 Å². The molecule has 2 aromatic heterocycles. The van der Waals surface area contributed by atoms with E-state index in [4.69, 9.17) is 14.7 Å². The zero-order valence-corrected chi connectivity index (χ0v) is 21.1. The van der Waals surface area contributed by atoms with Gasteiger partial charge in [0.15, 0.2) is 0 Å². The number of cyclic esters (lactones) is 1. The third-order valence-electron chi connectivity index (χ3n) is 6.14. The number of hydrogen-bond acceptors (Lipinski definition) is 7. The van der Waals surface area contributed by atoms with E-state index in [0.717, 1.165) is 17.1 Å². The maximum Gasteiger partial charge on any atom is 0.309 e. The minimum absolute atomic E-state index is 0.00918. The van der Waals surface area contributed by atoms with Crippen molar-refractivity contribution in [2.24, 2.45) is 0 Å². The number of rotatable bonds is 7. The van der Waals surface area contributed by atoms with Gasteiger partial charge in [0.1, 0.15) is 17.7 Å². The first-order chi connectivity index (χ1) is 18.4.